The Labute approximate surface area is 160 Å². The largest absolute Gasteiger partial charge is 0.479 e. The minimum absolute atomic E-state index is 0.0663. The van der Waals surface area contributed by atoms with Gasteiger partial charge in [-0.05, 0) is 48.6 Å². The molecule has 5 nitrogen and oxygen atoms in total. The molecule has 0 aromatic carbocycles. The molecule has 1 aromatic heterocycles. The Morgan fingerprint density at radius 3 is 2.81 bits per heavy atom. The highest BCUT2D eigenvalue weighted by Crippen LogP contribution is 2.34. The Morgan fingerprint density at radius 1 is 1.46 bits per heavy atom. The van der Waals surface area contributed by atoms with Crippen LogP contribution in [0, 0.1) is 12.8 Å². The van der Waals surface area contributed by atoms with Crippen LogP contribution < -0.4 is 5.73 Å². The summed E-state index contributed by atoms with van der Waals surface area (Å²) in [7, 11) is 0. The second-order valence-corrected chi connectivity index (χ2v) is 8.78. The molecule has 0 radical (unpaired) electrons. The number of thioether (sulfide) groups is 1. The first-order valence-electron chi connectivity index (χ1n) is 9.60. The standard InChI is InChI=1S/C20H32N2O3S/c1-3-26-13-18(21)20(25,19(23)24)11-17-10-16(14(2)12-22-17)7-5-4-6-15-8-9-15/h10,12,15,18,25H,3-9,11,13,21H2,1-2H3,(H,23,24). The molecule has 6 heteroatoms. The van der Waals surface area contributed by atoms with Crippen molar-refractivity contribution >= 4 is 17.7 Å². The molecule has 0 aliphatic heterocycles. The summed E-state index contributed by atoms with van der Waals surface area (Å²) < 4.78 is 0. The molecule has 1 aliphatic rings. The van der Waals surface area contributed by atoms with E-state index in [4.69, 9.17) is 5.73 Å². The summed E-state index contributed by atoms with van der Waals surface area (Å²) in [6.07, 6.45) is 9.16. The third kappa shape index (κ3) is 5.96. The van der Waals surface area contributed by atoms with E-state index < -0.39 is 17.6 Å². The average molecular weight is 381 g/mol. The molecule has 0 spiro atoms. The minimum atomic E-state index is -1.99. The predicted molar refractivity (Wildman–Crippen MR) is 107 cm³/mol. The number of aliphatic hydroxyl groups is 1. The minimum Gasteiger partial charge on any atom is -0.479 e. The van der Waals surface area contributed by atoms with Gasteiger partial charge in [-0.2, -0.15) is 11.8 Å². The van der Waals surface area contributed by atoms with Crippen molar-refractivity contribution < 1.29 is 15.0 Å². The van der Waals surface area contributed by atoms with Crippen LogP contribution >= 0.6 is 11.8 Å². The van der Waals surface area contributed by atoms with Gasteiger partial charge in [0.1, 0.15) is 0 Å². The van der Waals surface area contributed by atoms with E-state index in [1.54, 1.807) is 6.20 Å². The molecule has 1 heterocycles. The Kier molecular flexibility index (Phi) is 7.92. The monoisotopic (exact) mass is 380 g/mol. The number of rotatable bonds is 12. The number of carbonyl (C=O) groups is 1. The van der Waals surface area contributed by atoms with Crippen molar-refractivity contribution in [3.05, 3.63) is 29.1 Å². The van der Waals surface area contributed by atoms with Crippen molar-refractivity contribution in [2.24, 2.45) is 11.7 Å². The molecule has 4 N–H and O–H groups in total. The molecule has 0 amide bonds. The highest BCUT2D eigenvalue weighted by molar-refractivity contribution is 7.99. The number of nitrogens with two attached hydrogens (primary N) is 1. The van der Waals surface area contributed by atoms with Gasteiger partial charge < -0.3 is 15.9 Å². The Hall–Kier alpha value is -1.11. The zero-order valence-corrected chi connectivity index (χ0v) is 16.7. The number of carboxylic acid groups (broad SMARTS) is 1. The van der Waals surface area contributed by atoms with Gasteiger partial charge in [0.25, 0.3) is 0 Å². The van der Waals surface area contributed by atoms with Crippen molar-refractivity contribution in [1.82, 2.24) is 4.98 Å². The van der Waals surface area contributed by atoms with Crippen molar-refractivity contribution in [3.8, 4) is 0 Å². The van der Waals surface area contributed by atoms with Crippen LogP contribution in [0.4, 0.5) is 0 Å². The number of nitrogens with zero attached hydrogens (tertiary/aromatic N) is 1. The van der Waals surface area contributed by atoms with Crippen molar-refractivity contribution in [2.45, 2.75) is 70.4 Å². The molecule has 146 valence electrons. The third-order valence-electron chi connectivity index (χ3n) is 5.21. The fraction of sp³-hybridized carbons (Fsp3) is 0.700. The maximum Gasteiger partial charge on any atom is 0.337 e. The van der Waals surface area contributed by atoms with Crippen LogP contribution in [-0.2, 0) is 17.6 Å². The summed E-state index contributed by atoms with van der Waals surface area (Å²) in [5, 5.41) is 20.3. The van der Waals surface area contributed by atoms with E-state index in [1.807, 2.05) is 19.9 Å². The molecule has 1 saturated carbocycles. The zero-order chi connectivity index (χ0) is 19.2. The maximum absolute atomic E-state index is 11.7. The van der Waals surface area contributed by atoms with Crippen molar-refractivity contribution in [2.75, 3.05) is 11.5 Å². The third-order valence-corrected chi connectivity index (χ3v) is 6.22. The molecule has 1 aliphatic carbocycles. The van der Waals surface area contributed by atoms with Crippen LogP contribution in [0.15, 0.2) is 12.3 Å². The number of unbranched alkanes of at least 4 members (excludes halogenated alkanes) is 1. The van der Waals surface area contributed by atoms with Crippen LogP contribution in [0.25, 0.3) is 0 Å². The van der Waals surface area contributed by atoms with Gasteiger partial charge in [-0.3, -0.25) is 4.98 Å². The lowest BCUT2D eigenvalue weighted by molar-refractivity contribution is -0.160. The summed E-state index contributed by atoms with van der Waals surface area (Å²) in [5.74, 6) is 0.906. The first-order valence-corrected chi connectivity index (χ1v) is 10.8. The fourth-order valence-electron chi connectivity index (χ4n) is 3.16. The van der Waals surface area contributed by atoms with Crippen LogP contribution in [0.5, 0.6) is 0 Å². The van der Waals surface area contributed by atoms with Gasteiger partial charge in [0, 0.05) is 24.1 Å². The Bertz CT molecular complexity index is 607. The normalized spacial score (nSPS) is 17.7. The smallest absolute Gasteiger partial charge is 0.337 e. The molecule has 0 saturated heterocycles. The Balaban J connectivity index is 2.02. The lowest BCUT2D eigenvalue weighted by Gasteiger charge is -2.29. The summed E-state index contributed by atoms with van der Waals surface area (Å²) in [6, 6.07) is 1.11. The molecule has 2 atom stereocenters. The lowest BCUT2D eigenvalue weighted by Crippen LogP contribution is -2.57. The molecule has 2 rings (SSSR count). The van der Waals surface area contributed by atoms with E-state index in [1.165, 1.54) is 43.0 Å². The van der Waals surface area contributed by atoms with E-state index in [0.29, 0.717) is 11.4 Å². The van der Waals surface area contributed by atoms with Crippen molar-refractivity contribution in [1.29, 1.82) is 0 Å². The zero-order valence-electron chi connectivity index (χ0n) is 15.9. The van der Waals surface area contributed by atoms with Gasteiger partial charge in [0.05, 0.1) is 6.04 Å². The number of aromatic nitrogens is 1. The SMILES string of the molecule is CCSCC(N)C(O)(Cc1cc(CCCCC2CC2)c(C)cn1)C(=O)O. The first-order chi connectivity index (χ1) is 12.4. The van der Waals surface area contributed by atoms with Gasteiger partial charge in [-0.25, -0.2) is 4.79 Å². The summed E-state index contributed by atoms with van der Waals surface area (Å²) in [4.78, 5) is 16.0. The average Bonchev–Trinajstić information content (AvgIpc) is 3.43. The number of pyridine rings is 1. The number of carboxylic acids is 1. The summed E-state index contributed by atoms with van der Waals surface area (Å²) in [6.45, 7) is 4.01. The number of hydrogen-bond donors (Lipinski definition) is 3. The molecular formula is C20H32N2O3S. The molecule has 2 unspecified atom stereocenters. The number of aryl methyl sites for hydroxylation is 2. The molecule has 26 heavy (non-hydrogen) atoms. The van der Waals surface area contributed by atoms with Gasteiger partial charge in [0.2, 0.25) is 0 Å². The predicted octanol–water partition coefficient (Wildman–Crippen LogP) is 2.95. The molecule has 1 fully saturated rings. The van der Waals surface area contributed by atoms with E-state index in [0.717, 1.165) is 30.1 Å². The molecule has 1 aromatic rings. The van der Waals surface area contributed by atoms with Gasteiger partial charge in [-0.15, -0.1) is 0 Å². The van der Waals surface area contributed by atoms with Gasteiger partial charge in [-0.1, -0.05) is 32.6 Å². The summed E-state index contributed by atoms with van der Waals surface area (Å²) >= 11 is 1.53. The second kappa shape index (κ2) is 9.72. The van der Waals surface area contributed by atoms with E-state index >= 15 is 0 Å². The van der Waals surface area contributed by atoms with Crippen molar-refractivity contribution in [3.63, 3.8) is 0 Å². The Morgan fingerprint density at radius 2 is 2.19 bits per heavy atom. The fourth-order valence-corrected chi connectivity index (χ4v) is 3.93. The topological polar surface area (TPSA) is 96.4 Å². The van der Waals surface area contributed by atoms with Gasteiger partial charge >= 0.3 is 5.97 Å². The van der Waals surface area contributed by atoms with Crippen LogP contribution in [0.1, 0.15) is 55.8 Å². The second-order valence-electron chi connectivity index (χ2n) is 7.46. The van der Waals surface area contributed by atoms with Crippen LogP contribution in [0.3, 0.4) is 0 Å². The van der Waals surface area contributed by atoms with E-state index in [-0.39, 0.29) is 6.42 Å². The van der Waals surface area contributed by atoms with Crippen LogP contribution in [-0.4, -0.2) is 44.3 Å². The number of aliphatic carboxylic acids is 1. The maximum atomic E-state index is 11.7. The first kappa shape index (κ1) is 21.2. The molecule has 0 bridgehead atoms. The van der Waals surface area contributed by atoms with Gasteiger partial charge in [0.15, 0.2) is 5.60 Å². The highest BCUT2D eigenvalue weighted by atomic mass is 32.2. The highest BCUT2D eigenvalue weighted by Gasteiger charge is 2.42. The number of hydrogen-bond acceptors (Lipinski definition) is 5. The van der Waals surface area contributed by atoms with Crippen LogP contribution in [0.2, 0.25) is 0 Å². The quantitative estimate of drug-likeness (QED) is 0.483. The van der Waals surface area contributed by atoms with E-state index in [2.05, 4.69) is 4.98 Å². The molecular weight excluding hydrogens is 348 g/mol. The summed E-state index contributed by atoms with van der Waals surface area (Å²) in [5.41, 5.74) is 6.91. The lowest BCUT2D eigenvalue weighted by atomic mass is 9.89. The van der Waals surface area contributed by atoms with E-state index in [9.17, 15) is 15.0 Å².